The molecule has 0 radical (unpaired) electrons. The van der Waals surface area contributed by atoms with E-state index in [9.17, 15) is 13.2 Å². The fourth-order valence-electron chi connectivity index (χ4n) is 3.42. The first-order valence-corrected chi connectivity index (χ1v) is 11.2. The molecule has 1 aromatic heterocycles. The van der Waals surface area contributed by atoms with E-state index >= 15 is 0 Å². The van der Waals surface area contributed by atoms with Crippen molar-refractivity contribution in [2.24, 2.45) is 5.73 Å². The Hall–Kier alpha value is -2.13. The summed E-state index contributed by atoms with van der Waals surface area (Å²) in [6.07, 6.45) is 0.650. The van der Waals surface area contributed by atoms with Crippen LogP contribution in [0.3, 0.4) is 0 Å². The Balaban J connectivity index is 1.69. The van der Waals surface area contributed by atoms with Crippen molar-refractivity contribution in [2.75, 3.05) is 6.54 Å². The Bertz CT molecular complexity index is 1200. The van der Waals surface area contributed by atoms with Gasteiger partial charge in [0, 0.05) is 16.3 Å². The molecule has 2 heterocycles. The molecule has 28 heavy (non-hydrogen) atoms. The normalized spacial score (nSPS) is 16.7. The van der Waals surface area contributed by atoms with E-state index in [1.807, 2.05) is 0 Å². The van der Waals surface area contributed by atoms with E-state index in [4.69, 9.17) is 21.5 Å². The number of hydrogen-bond donors (Lipinski definition) is 2. The lowest BCUT2D eigenvalue weighted by atomic mass is 9.94. The zero-order chi connectivity index (χ0) is 20.1. The summed E-state index contributed by atoms with van der Waals surface area (Å²) in [5, 5.41) is 4.39. The highest BCUT2D eigenvalue weighted by Crippen LogP contribution is 2.37. The Morgan fingerprint density at radius 3 is 2.82 bits per heavy atom. The predicted octanol–water partition coefficient (Wildman–Crippen LogP) is 3.30. The third kappa shape index (κ3) is 3.37. The van der Waals surface area contributed by atoms with Crippen LogP contribution in [0.5, 0.6) is 5.75 Å². The van der Waals surface area contributed by atoms with Crippen molar-refractivity contribution in [3.63, 3.8) is 0 Å². The molecule has 0 fully saturated rings. The highest BCUT2D eigenvalue weighted by molar-refractivity contribution is 7.89. The smallest absolute Gasteiger partial charge is 0.349 e. The van der Waals surface area contributed by atoms with Crippen molar-refractivity contribution in [1.82, 2.24) is 5.32 Å². The summed E-state index contributed by atoms with van der Waals surface area (Å²) in [7, 11) is -4.01. The number of benzene rings is 2. The lowest BCUT2D eigenvalue weighted by molar-refractivity contribution is -0.120. The van der Waals surface area contributed by atoms with Gasteiger partial charge in [-0.1, -0.05) is 17.7 Å². The molecule has 0 saturated heterocycles. The lowest BCUT2D eigenvalue weighted by Gasteiger charge is -2.24. The quantitative estimate of drug-likeness (QED) is 0.611. The second-order valence-electron chi connectivity index (χ2n) is 6.59. The molecule has 4 rings (SSSR count). The molecule has 146 valence electrons. The number of aryl methyl sites for hydroxylation is 1. The number of primary amides is 1. The fraction of sp³-hybridized carbons (Fsp3) is 0.211. The average Bonchev–Trinajstić information content (AvgIpc) is 2.97. The Morgan fingerprint density at radius 2 is 2.07 bits per heavy atom. The van der Waals surface area contributed by atoms with Crippen LogP contribution in [-0.2, 0) is 21.3 Å². The maximum Gasteiger partial charge on any atom is 0.349 e. The molecule has 0 spiro atoms. The van der Waals surface area contributed by atoms with E-state index in [1.54, 1.807) is 43.3 Å². The predicted molar refractivity (Wildman–Crippen MR) is 109 cm³/mol. The number of nitrogens with two attached hydrogens (primary N) is 1. The van der Waals surface area contributed by atoms with Crippen molar-refractivity contribution in [3.8, 4) is 5.75 Å². The molecule has 1 unspecified atom stereocenters. The van der Waals surface area contributed by atoms with Crippen molar-refractivity contribution < 1.29 is 17.4 Å². The zero-order valence-electron chi connectivity index (χ0n) is 14.9. The maximum atomic E-state index is 12.9. The van der Waals surface area contributed by atoms with Crippen molar-refractivity contribution in [1.29, 1.82) is 0 Å². The second-order valence-corrected chi connectivity index (χ2v) is 9.82. The third-order valence-corrected chi connectivity index (χ3v) is 8.08. The number of carbonyl (C=O) groups is 1. The van der Waals surface area contributed by atoms with E-state index in [2.05, 4.69) is 5.32 Å². The van der Waals surface area contributed by atoms with Gasteiger partial charge in [-0.2, -0.15) is 8.42 Å². The number of halogens is 1. The third-order valence-electron chi connectivity index (χ3n) is 4.74. The van der Waals surface area contributed by atoms with Crippen LogP contribution in [-0.4, -0.2) is 20.9 Å². The van der Waals surface area contributed by atoms with Crippen LogP contribution in [0.25, 0.3) is 10.1 Å². The van der Waals surface area contributed by atoms with Gasteiger partial charge >= 0.3 is 10.1 Å². The molecule has 1 amide bonds. The molecular formula is C19H17ClN2O4S2. The van der Waals surface area contributed by atoms with E-state index in [0.717, 1.165) is 32.5 Å². The van der Waals surface area contributed by atoms with Gasteiger partial charge in [0.25, 0.3) is 0 Å². The van der Waals surface area contributed by atoms with Crippen LogP contribution in [0, 0.1) is 6.92 Å². The molecular weight excluding hydrogens is 420 g/mol. The van der Waals surface area contributed by atoms with E-state index in [0.29, 0.717) is 23.6 Å². The largest absolute Gasteiger partial charge is 0.378 e. The molecule has 3 N–H and O–H groups in total. The number of hydrogen-bond acceptors (Lipinski definition) is 6. The van der Waals surface area contributed by atoms with Crippen LogP contribution in [0.1, 0.15) is 22.7 Å². The molecule has 1 aliphatic rings. The van der Waals surface area contributed by atoms with Gasteiger partial charge in [0.1, 0.15) is 11.8 Å². The Labute approximate surface area is 171 Å². The van der Waals surface area contributed by atoms with Gasteiger partial charge in [-0.15, -0.1) is 11.3 Å². The number of carbonyl (C=O) groups excluding carboxylic acids is 1. The standard InChI is InChI=1S/C19H17ClN2O4S2/c1-10-15-9-12(20)2-5-16(15)27-19(10)28(24,25)26-13-3-4-14-11(8-13)6-7-22-17(14)18(21)23/h2-5,8-9,17,22H,6-7H2,1H3,(H2,21,23). The van der Waals surface area contributed by atoms with E-state index in [-0.39, 0.29) is 9.96 Å². The Morgan fingerprint density at radius 1 is 1.29 bits per heavy atom. The minimum Gasteiger partial charge on any atom is -0.378 e. The molecule has 0 bridgehead atoms. The SMILES string of the molecule is Cc1c(S(=O)(=O)Oc2ccc3c(c2)CCNC3C(N)=O)sc2ccc(Cl)cc12. The van der Waals surface area contributed by atoms with Crippen molar-refractivity contribution in [2.45, 2.75) is 23.6 Å². The number of amides is 1. The summed E-state index contributed by atoms with van der Waals surface area (Å²) in [4.78, 5) is 11.6. The summed E-state index contributed by atoms with van der Waals surface area (Å²) in [5.74, 6) is -0.263. The summed E-state index contributed by atoms with van der Waals surface area (Å²) in [6, 6.07) is 9.57. The molecule has 2 aromatic carbocycles. The van der Waals surface area contributed by atoms with Crippen molar-refractivity contribution in [3.05, 3.63) is 58.1 Å². The summed E-state index contributed by atoms with van der Waals surface area (Å²) < 4.78 is 32.2. The molecule has 3 aromatic rings. The highest BCUT2D eigenvalue weighted by atomic mass is 35.5. The monoisotopic (exact) mass is 436 g/mol. The van der Waals surface area contributed by atoms with Crippen LogP contribution < -0.4 is 15.2 Å². The van der Waals surface area contributed by atoms with Gasteiger partial charge in [0.15, 0.2) is 4.21 Å². The molecule has 0 saturated carbocycles. The number of nitrogens with one attached hydrogen (secondary N) is 1. The number of fused-ring (bicyclic) bond motifs is 2. The molecule has 9 heteroatoms. The van der Waals surface area contributed by atoms with Crippen LogP contribution >= 0.6 is 22.9 Å². The topological polar surface area (TPSA) is 98.5 Å². The average molecular weight is 437 g/mol. The van der Waals surface area contributed by atoms with E-state index in [1.165, 1.54) is 0 Å². The van der Waals surface area contributed by atoms with Gasteiger partial charge in [-0.3, -0.25) is 4.79 Å². The zero-order valence-corrected chi connectivity index (χ0v) is 17.2. The Kier molecular flexibility index (Phi) is 4.83. The van der Waals surface area contributed by atoms with Crippen LogP contribution in [0.15, 0.2) is 40.6 Å². The lowest BCUT2D eigenvalue weighted by Crippen LogP contribution is -2.38. The van der Waals surface area contributed by atoms with Gasteiger partial charge in [0.2, 0.25) is 5.91 Å². The summed E-state index contributed by atoms with van der Waals surface area (Å²) in [6.45, 7) is 2.31. The van der Waals surface area contributed by atoms with Gasteiger partial charge in [0.05, 0.1) is 0 Å². The first kappa shape index (κ1) is 19.2. The van der Waals surface area contributed by atoms with Crippen LogP contribution in [0.4, 0.5) is 0 Å². The van der Waals surface area contributed by atoms with Crippen molar-refractivity contribution >= 4 is 49.0 Å². The molecule has 1 atom stereocenters. The minimum absolute atomic E-state index is 0.152. The first-order chi connectivity index (χ1) is 13.3. The van der Waals surface area contributed by atoms with Crippen LogP contribution in [0.2, 0.25) is 5.02 Å². The maximum absolute atomic E-state index is 12.9. The fourth-order valence-corrected chi connectivity index (χ4v) is 6.21. The van der Waals surface area contributed by atoms with Gasteiger partial charge in [-0.05, 0) is 65.8 Å². The van der Waals surface area contributed by atoms with E-state index < -0.39 is 22.1 Å². The molecule has 1 aliphatic heterocycles. The van der Waals surface area contributed by atoms with Gasteiger partial charge in [-0.25, -0.2) is 0 Å². The van der Waals surface area contributed by atoms with Gasteiger partial charge < -0.3 is 15.2 Å². The molecule has 0 aliphatic carbocycles. The number of rotatable bonds is 4. The highest BCUT2D eigenvalue weighted by Gasteiger charge is 2.27. The molecule has 6 nitrogen and oxygen atoms in total. The second kappa shape index (κ2) is 7.04. The summed E-state index contributed by atoms with van der Waals surface area (Å²) >= 11 is 7.18. The summed E-state index contributed by atoms with van der Waals surface area (Å²) in [5.41, 5.74) is 7.62. The number of thiophene rings is 1. The minimum atomic E-state index is -4.01. The first-order valence-electron chi connectivity index (χ1n) is 8.55.